The van der Waals surface area contributed by atoms with Gasteiger partial charge in [0.2, 0.25) is 0 Å². The summed E-state index contributed by atoms with van der Waals surface area (Å²) in [5.74, 6) is 2.79. The largest absolute Gasteiger partial charge is 0.435 e. The summed E-state index contributed by atoms with van der Waals surface area (Å²) in [5.41, 5.74) is -0.453. The zero-order valence-electron chi connectivity index (χ0n) is 12.5. The van der Waals surface area contributed by atoms with Crippen molar-refractivity contribution in [3.8, 4) is 12.0 Å². The molecule has 0 aromatic rings. The monoisotopic (exact) mass is 256 g/mol. The number of rotatable bonds is 10. The van der Waals surface area contributed by atoms with Crippen LogP contribution in [0.3, 0.4) is 0 Å². The molecule has 0 radical (unpaired) electrons. The quantitative estimate of drug-likeness (QED) is 0.440. The van der Waals surface area contributed by atoms with Crippen LogP contribution in [-0.2, 0) is 14.2 Å². The van der Waals surface area contributed by atoms with E-state index in [1.54, 1.807) is 6.92 Å². The molecule has 0 heterocycles. The van der Waals surface area contributed by atoms with Gasteiger partial charge < -0.3 is 14.2 Å². The third-order valence-corrected chi connectivity index (χ3v) is 2.97. The van der Waals surface area contributed by atoms with Crippen molar-refractivity contribution in [1.82, 2.24) is 0 Å². The summed E-state index contributed by atoms with van der Waals surface area (Å²) in [6.07, 6.45) is 6.32. The molecule has 3 heteroatoms. The summed E-state index contributed by atoms with van der Waals surface area (Å²) in [4.78, 5) is 0. The summed E-state index contributed by atoms with van der Waals surface area (Å²) in [7, 11) is 0. The fourth-order valence-electron chi connectivity index (χ4n) is 1.92. The van der Waals surface area contributed by atoms with Crippen LogP contribution in [0, 0.1) is 12.0 Å². The predicted octanol–water partition coefficient (Wildman–Crippen LogP) is 3.72. The molecule has 0 saturated heterocycles. The van der Waals surface area contributed by atoms with E-state index < -0.39 is 5.60 Å². The van der Waals surface area contributed by atoms with E-state index in [9.17, 15) is 0 Å². The molecule has 1 atom stereocenters. The van der Waals surface area contributed by atoms with Gasteiger partial charge in [-0.2, -0.15) is 0 Å². The standard InChI is InChI=1S/C15H28O3/c1-6-11-12-15(8-3,18-13-7-2)14(16-9-4)17-10-5/h14H,6,8-12H2,1-5H3. The minimum absolute atomic E-state index is 0.343. The molecule has 0 rings (SSSR count). The van der Waals surface area contributed by atoms with Gasteiger partial charge in [-0.1, -0.05) is 26.2 Å². The first-order valence-electron chi connectivity index (χ1n) is 7.03. The van der Waals surface area contributed by atoms with Crippen molar-refractivity contribution < 1.29 is 14.2 Å². The molecule has 106 valence electrons. The second-order valence-electron chi connectivity index (χ2n) is 4.22. The fourth-order valence-corrected chi connectivity index (χ4v) is 1.92. The molecule has 0 amide bonds. The van der Waals surface area contributed by atoms with Gasteiger partial charge in [-0.3, -0.25) is 0 Å². The van der Waals surface area contributed by atoms with Gasteiger partial charge in [0.05, 0.1) is 0 Å². The van der Waals surface area contributed by atoms with E-state index in [4.69, 9.17) is 14.2 Å². The van der Waals surface area contributed by atoms with Gasteiger partial charge >= 0.3 is 0 Å². The second-order valence-corrected chi connectivity index (χ2v) is 4.22. The number of hydrogen-bond acceptors (Lipinski definition) is 3. The average Bonchev–Trinajstić information content (AvgIpc) is 2.40. The van der Waals surface area contributed by atoms with Crippen molar-refractivity contribution in [2.45, 2.75) is 72.2 Å². The van der Waals surface area contributed by atoms with Gasteiger partial charge in [0.1, 0.15) is 6.11 Å². The van der Waals surface area contributed by atoms with Crippen molar-refractivity contribution in [2.75, 3.05) is 13.2 Å². The highest BCUT2D eigenvalue weighted by atomic mass is 16.7. The van der Waals surface area contributed by atoms with Crippen molar-refractivity contribution >= 4 is 0 Å². The normalized spacial score (nSPS) is 13.9. The van der Waals surface area contributed by atoms with Crippen LogP contribution in [0.25, 0.3) is 0 Å². The Labute approximate surface area is 112 Å². The lowest BCUT2D eigenvalue weighted by Gasteiger charge is -2.37. The first-order chi connectivity index (χ1) is 8.70. The van der Waals surface area contributed by atoms with Crippen LogP contribution in [0.1, 0.15) is 60.3 Å². The van der Waals surface area contributed by atoms with Gasteiger partial charge in [0.25, 0.3) is 0 Å². The van der Waals surface area contributed by atoms with Crippen molar-refractivity contribution in [3.05, 3.63) is 0 Å². The van der Waals surface area contributed by atoms with Crippen molar-refractivity contribution in [2.24, 2.45) is 0 Å². The SMILES string of the molecule is CC#COC(CC)(CCCC)C(OCC)OCC. The van der Waals surface area contributed by atoms with Crippen LogP contribution >= 0.6 is 0 Å². The molecule has 0 aliphatic rings. The molecule has 1 unspecified atom stereocenters. The fraction of sp³-hybridized carbons (Fsp3) is 0.867. The Bertz CT molecular complexity index is 248. The van der Waals surface area contributed by atoms with E-state index in [0.29, 0.717) is 13.2 Å². The van der Waals surface area contributed by atoms with Gasteiger partial charge in [0, 0.05) is 20.1 Å². The van der Waals surface area contributed by atoms with Gasteiger partial charge in [-0.05, 0) is 33.1 Å². The highest BCUT2D eigenvalue weighted by molar-refractivity contribution is 4.93. The number of unbranched alkanes of at least 4 members (excludes halogenated alkanes) is 1. The smallest absolute Gasteiger partial charge is 0.198 e. The summed E-state index contributed by atoms with van der Waals surface area (Å²) in [6.45, 7) is 11.2. The lowest BCUT2D eigenvalue weighted by atomic mass is 9.92. The van der Waals surface area contributed by atoms with E-state index in [1.165, 1.54) is 0 Å². The van der Waals surface area contributed by atoms with Crippen LogP contribution in [0.4, 0.5) is 0 Å². The first-order valence-corrected chi connectivity index (χ1v) is 7.03. The highest BCUT2D eigenvalue weighted by Gasteiger charge is 2.40. The molecule has 3 nitrogen and oxygen atoms in total. The molecule has 0 aromatic heterocycles. The molecule has 0 N–H and O–H groups in total. The second kappa shape index (κ2) is 10.2. The van der Waals surface area contributed by atoms with E-state index in [1.807, 2.05) is 13.8 Å². The number of ether oxygens (including phenoxy) is 3. The molecule has 0 aliphatic heterocycles. The Morgan fingerprint density at radius 2 is 1.67 bits per heavy atom. The molecule has 0 aliphatic carbocycles. The zero-order valence-corrected chi connectivity index (χ0v) is 12.5. The molecule has 0 saturated carbocycles. The zero-order chi connectivity index (χ0) is 13.9. The van der Waals surface area contributed by atoms with Gasteiger partial charge in [-0.25, -0.2) is 0 Å². The summed E-state index contributed by atoms with van der Waals surface area (Å²) < 4.78 is 17.2. The Hall–Kier alpha value is -0.720. The van der Waals surface area contributed by atoms with E-state index >= 15 is 0 Å². The summed E-state index contributed by atoms with van der Waals surface area (Å²) in [5, 5.41) is 0. The van der Waals surface area contributed by atoms with Crippen molar-refractivity contribution in [1.29, 1.82) is 0 Å². The Morgan fingerprint density at radius 1 is 1.06 bits per heavy atom. The van der Waals surface area contributed by atoms with Crippen LogP contribution < -0.4 is 0 Å². The molecule has 0 spiro atoms. The average molecular weight is 256 g/mol. The Kier molecular flexibility index (Phi) is 9.82. The van der Waals surface area contributed by atoms with E-state index in [2.05, 4.69) is 25.9 Å². The maximum absolute atomic E-state index is 5.79. The predicted molar refractivity (Wildman–Crippen MR) is 74.1 cm³/mol. The van der Waals surface area contributed by atoms with Gasteiger partial charge in [0.15, 0.2) is 11.9 Å². The highest BCUT2D eigenvalue weighted by Crippen LogP contribution is 2.30. The van der Waals surface area contributed by atoms with E-state index in [-0.39, 0.29) is 6.29 Å². The van der Waals surface area contributed by atoms with Crippen LogP contribution in [0.15, 0.2) is 0 Å². The third kappa shape index (κ3) is 5.29. The van der Waals surface area contributed by atoms with Crippen LogP contribution in [0.5, 0.6) is 0 Å². The number of hydrogen-bond donors (Lipinski definition) is 0. The van der Waals surface area contributed by atoms with Crippen LogP contribution in [-0.4, -0.2) is 25.1 Å². The van der Waals surface area contributed by atoms with E-state index in [0.717, 1.165) is 25.7 Å². The lowest BCUT2D eigenvalue weighted by molar-refractivity contribution is -0.236. The first kappa shape index (κ1) is 17.3. The molecule has 0 bridgehead atoms. The Balaban J connectivity index is 4.97. The lowest BCUT2D eigenvalue weighted by Crippen LogP contribution is -2.47. The molecule has 0 aromatic carbocycles. The molecule has 18 heavy (non-hydrogen) atoms. The minimum atomic E-state index is -0.453. The third-order valence-electron chi connectivity index (χ3n) is 2.97. The maximum atomic E-state index is 5.79. The minimum Gasteiger partial charge on any atom is -0.435 e. The van der Waals surface area contributed by atoms with Crippen molar-refractivity contribution in [3.63, 3.8) is 0 Å². The molecular formula is C15H28O3. The molecule has 0 fully saturated rings. The van der Waals surface area contributed by atoms with Crippen LogP contribution in [0.2, 0.25) is 0 Å². The topological polar surface area (TPSA) is 27.7 Å². The summed E-state index contributed by atoms with van der Waals surface area (Å²) in [6, 6.07) is 0. The Morgan fingerprint density at radius 3 is 2.06 bits per heavy atom. The van der Waals surface area contributed by atoms with Gasteiger partial charge in [-0.15, -0.1) is 0 Å². The maximum Gasteiger partial charge on any atom is 0.198 e. The summed E-state index contributed by atoms with van der Waals surface area (Å²) >= 11 is 0. The molecular weight excluding hydrogens is 228 g/mol.